The van der Waals surface area contributed by atoms with Crippen LogP contribution in [-0.2, 0) is 9.53 Å². The number of hydrogen-bond acceptors (Lipinski definition) is 5. The third-order valence-electron chi connectivity index (χ3n) is 3.28. The molecule has 1 aromatic carbocycles. The number of pyridine rings is 1. The SMILES string of the molecule is CCOc1ncccc1C(=O)OCC(=O)NC(C)c1ccccc1. The molecule has 24 heavy (non-hydrogen) atoms. The third kappa shape index (κ3) is 4.81. The number of benzene rings is 1. The van der Waals surface area contributed by atoms with E-state index in [1.807, 2.05) is 37.3 Å². The standard InChI is InChI=1S/C18H20N2O4/c1-3-23-17-15(10-7-11-19-17)18(22)24-12-16(21)20-13(2)14-8-5-4-6-9-14/h4-11,13H,3,12H2,1-2H3,(H,20,21). The van der Waals surface area contributed by atoms with Gasteiger partial charge in [0.25, 0.3) is 5.91 Å². The van der Waals surface area contributed by atoms with Crippen LogP contribution in [0, 0.1) is 0 Å². The molecule has 1 N–H and O–H groups in total. The first kappa shape index (κ1) is 17.5. The Morgan fingerprint density at radius 3 is 2.62 bits per heavy atom. The van der Waals surface area contributed by atoms with Crippen LogP contribution in [0.3, 0.4) is 0 Å². The maximum absolute atomic E-state index is 12.1. The highest BCUT2D eigenvalue weighted by Gasteiger charge is 2.17. The van der Waals surface area contributed by atoms with Gasteiger partial charge in [-0.15, -0.1) is 0 Å². The molecule has 0 aliphatic heterocycles. The van der Waals surface area contributed by atoms with E-state index in [9.17, 15) is 9.59 Å². The lowest BCUT2D eigenvalue weighted by Gasteiger charge is -2.14. The van der Waals surface area contributed by atoms with Gasteiger partial charge >= 0.3 is 5.97 Å². The summed E-state index contributed by atoms with van der Waals surface area (Å²) in [5.74, 6) is -0.821. The number of aromatic nitrogens is 1. The molecule has 0 aliphatic rings. The topological polar surface area (TPSA) is 77.5 Å². The van der Waals surface area contributed by atoms with E-state index in [0.29, 0.717) is 6.61 Å². The van der Waals surface area contributed by atoms with Crippen LogP contribution in [0.5, 0.6) is 5.88 Å². The molecule has 1 unspecified atom stereocenters. The van der Waals surface area contributed by atoms with Gasteiger partial charge in [-0.25, -0.2) is 9.78 Å². The first-order valence-corrected chi connectivity index (χ1v) is 7.71. The van der Waals surface area contributed by atoms with Crippen molar-refractivity contribution in [3.05, 3.63) is 59.8 Å². The largest absolute Gasteiger partial charge is 0.477 e. The van der Waals surface area contributed by atoms with Gasteiger partial charge in [0, 0.05) is 6.20 Å². The third-order valence-corrected chi connectivity index (χ3v) is 3.28. The van der Waals surface area contributed by atoms with Gasteiger partial charge in [0.2, 0.25) is 5.88 Å². The number of ether oxygens (including phenoxy) is 2. The Morgan fingerprint density at radius 2 is 1.92 bits per heavy atom. The van der Waals surface area contributed by atoms with E-state index in [2.05, 4.69) is 10.3 Å². The molecule has 126 valence electrons. The quantitative estimate of drug-likeness (QED) is 0.790. The summed E-state index contributed by atoms with van der Waals surface area (Å²) in [7, 11) is 0. The molecule has 0 aliphatic carbocycles. The van der Waals surface area contributed by atoms with Crippen molar-refractivity contribution in [2.75, 3.05) is 13.2 Å². The van der Waals surface area contributed by atoms with Gasteiger partial charge in [0.1, 0.15) is 5.56 Å². The van der Waals surface area contributed by atoms with E-state index in [1.165, 1.54) is 6.20 Å². The lowest BCUT2D eigenvalue weighted by atomic mass is 10.1. The molecule has 1 amide bonds. The van der Waals surface area contributed by atoms with E-state index in [4.69, 9.17) is 9.47 Å². The molecule has 6 heteroatoms. The average Bonchev–Trinajstić information content (AvgIpc) is 2.61. The van der Waals surface area contributed by atoms with Crippen LogP contribution < -0.4 is 10.1 Å². The van der Waals surface area contributed by atoms with Crippen LogP contribution in [-0.4, -0.2) is 30.1 Å². The molecule has 0 saturated heterocycles. The number of amides is 1. The summed E-state index contributed by atoms with van der Waals surface area (Å²) >= 11 is 0. The Hall–Kier alpha value is -2.89. The minimum atomic E-state index is -0.644. The fourth-order valence-corrected chi connectivity index (χ4v) is 2.11. The monoisotopic (exact) mass is 328 g/mol. The molecule has 1 atom stereocenters. The van der Waals surface area contributed by atoms with Gasteiger partial charge in [-0.2, -0.15) is 0 Å². The van der Waals surface area contributed by atoms with Gasteiger partial charge in [0.15, 0.2) is 6.61 Å². The Bertz CT molecular complexity index is 688. The molecule has 1 heterocycles. The molecular weight excluding hydrogens is 308 g/mol. The second-order valence-electron chi connectivity index (χ2n) is 5.07. The number of hydrogen-bond donors (Lipinski definition) is 1. The molecule has 6 nitrogen and oxygen atoms in total. The van der Waals surface area contributed by atoms with Crippen LogP contribution in [0.2, 0.25) is 0 Å². The summed E-state index contributed by atoms with van der Waals surface area (Å²) in [5, 5.41) is 2.78. The van der Waals surface area contributed by atoms with Crippen molar-refractivity contribution < 1.29 is 19.1 Å². The van der Waals surface area contributed by atoms with Crippen molar-refractivity contribution in [3.63, 3.8) is 0 Å². The van der Waals surface area contributed by atoms with Gasteiger partial charge in [-0.1, -0.05) is 30.3 Å². The molecule has 0 fully saturated rings. The van der Waals surface area contributed by atoms with Crippen molar-refractivity contribution in [1.82, 2.24) is 10.3 Å². The van der Waals surface area contributed by atoms with E-state index >= 15 is 0 Å². The minimum absolute atomic E-state index is 0.172. The average molecular weight is 328 g/mol. The number of carbonyl (C=O) groups is 2. The minimum Gasteiger partial charge on any atom is -0.477 e. The van der Waals surface area contributed by atoms with Gasteiger partial charge < -0.3 is 14.8 Å². The first-order chi connectivity index (χ1) is 11.6. The lowest BCUT2D eigenvalue weighted by molar-refractivity contribution is -0.124. The Balaban J connectivity index is 1.89. The molecule has 1 aromatic heterocycles. The molecule has 0 radical (unpaired) electrons. The summed E-state index contributed by atoms with van der Waals surface area (Å²) in [6.07, 6.45) is 1.52. The second kappa shape index (κ2) is 8.67. The number of rotatable bonds is 7. The van der Waals surface area contributed by atoms with Crippen molar-refractivity contribution >= 4 is 11.9 Å². The van der Waals surface area contributed by atoms with Crippen LogP contribution in [0.15, 0.2) is 48.7 Å². The number of nitrogens with zero attached hydrogens (tertiary/aromatic N) is 1. The highest BCUT2D eigenvalue weighted by molar-refractivity contribution is 5.93. The zero-order valence-electron chi connectivity index (χ0n) is 13.7. The highest BCUT2D eigenvalue weighted by atomic mass is 16.5. The fraction of sp³-hybridized carbons (Fsp3) is 0.278. The molecule has 2 rings (SSSR count). The maximum Gasteiger partial charge on any atom is 0.344 e. The van der Waals surface area contributed by atoms with Crippen LogP contribution in [0.25, 0.3) is 0 Å². The van der Waals surface area contributed by atoms with E-state index in [0.717, 1.165) is 5.56 Å². The Kier molecular flexibility index (Phi) is 6.31. The van der Waals surface area contributed by atoms with Gasteiger partial charge in [-0.3, -0.25) is 4.79 Å². The predicted octanol–water partition coefficient (Wildman–Crippen LogP) is 2.51. The second-order valence-corrected chi connectivity index (χ2v) is 5.07. The summed E-state index contributed by atoms with van der Waals surface area (Å²) < 4.78 is 10.3. The first-order valence-electron chi connectivity index (χ1n) is 7.71. The molecule has 0 bridgehead atoms. The van der Waals surface area contributed by atoms with Crippen molar-refractivity contribution in [2.45, 2.75) is 19.9 Å². The van der Waals surface area contributed by atoms with E-state index in [1.54, 1.807) is 19.1 Å². The highest BCUT2D eigenvalue weighted by Crippen LogP contribution is 2.15. The molecule has 2 aromatic rings. The van der Waals surface area contributed by atoms with Crippen LogP contribution in [0.4, 0.5) is 0 Å². The summed E-state index contributed by atoms with van der Waals surface area (Å²) in [6.45, 7) is 3.68. The Labute approximate surface area is 140 Å². The van der Waals surface area contributed by atoms with E-state index < -0.39 is 5.97 Å². The zero-order valence-corrected chi connectivity index (χ0v) is 13.7. The van der Waals surface area contributed by atoms with E-state index in [-0.39, 0.29) is 30.0 Å². The molecule has 0 spiro atoms. The van der Waals surface area contributed by atoms with Crippen LogP contribution >= 0.6 is 0 Å². The van der Waals surface area contributed by atoms with Crippen molar-refractivity contribution in [2.24, 2.45) is 0 Å². The number of carbonyl (C=O) groups excluding carboxylic acids is 2. The normalized spacial score (nSPS) is 11.4. The lowest BCUT2D eigenvalue weighted by Crippen LogP contribution is -2.31. The number of esters is 1. The van der Waals surface area contributed by atoms with Crippen molar-refractivity contribution in [1.29, 1.82) is 0 Å². The summed E-state index contributed by atoms with van der Waals surface area (Å²) in [5.41, 5.74) is 1.17. The summed E-state index contributed by atoms with van der Waals surface area (Å²) in [4.78, 5) is 28.0. The Morgan fingerprint density at radius 1 is 1.17 bits per heavy atom. The summed E-state index contributed by atoms with van der Waals surface area (Å²) in [6, 6.07) is 12.5. The fourth-order valence-electron chi connectivity index (χ4n) is 2.11. The van der Waals surface area contributed by atoms with Gasteiger partial charge in [-0.05, 0) is 31.5 Å². The molecule has 0 saturated carbocycles. The van der Waals surface area contributed by atoms with Gasteiger partial charge in [0.05, 0.1) is 12.6 Å². The van der Waals surface area contributed by atoms with Crippen LogP contribution in [0.1, 0.15) is 35.8 Å². The van der Waals surface area contributed by atoms with Crippen molar-refractivity contribution in [3.8, 4) is 5.88 Å². The maximum atomic E-state index is 12.1. The smallest absolute Gasteiger partial charge is 0.344 e. The molecular formula is C18H20N2O4. The zero-order chi connectivity index (χ0) is 17.4. The number of nitrogens with one attached hydrogen (secondary N) is 1. The predicted molar refractivity (Wildman–Crippen MR) is 88.7 cm³/mol.